The maximum Gasteiger partial charge on any atom is 0.460 e. The van der Waals surface area contributed by atoms with Crippen molar-refractivity contribution in [2.45, 2.75) is 112 Å². The first kappa shape index (κ1) is 36.3. The fourth-order valence-electron chi connectivity index (χ4n) is 6.19. The van der Waals surface area contributed by atoms with Crippen molar-refractivity contribution < 1.29 is 70.7 Å². The molecule has 3 rings (SSSR count). The molecule has 2 aliphatic rings. The van der Waals surface area contributed by atoms with Crippen molar-refractivity contribution in [1.82, 2.24) is 0 Å². The van der Waals surface area contributed by atoms with Crippen LogP contribution in [0.5, 0.6) is 0 Å². The van der Waals surface area contributed by atoms with Crippen LogP contribution in [-0.4, -0.2) is 47.5 Å². The molecule has 0 aromatic heterocycles. The van der Waals surface area contributed by atoms with E-state index in [0.717, 1.165) is 57.1 Å². The van der Waals surface area contributed by atoms with E-state index in [9.17, 15) is 70.7 Å². The molecule has 0 heterocycles. The summed E-state index contributed by atoms with van der Waals surface area (Å²) in [7, 11) is 0. The lowest BCUT2D eigenvalue weighted by atomic mass is 9.68. The quantitative estimate of drug-likeness (QED) is 0.179. The van der Waals surface area contributed by atoms with E-state index in [4.69, 9.17) is 0 Å². The van der Waals surface area contributed by atoms with Gasteiger partial charge in [0.25, 0.3) is 0 Å². The molecular formula is C28H29F15O. The van der Waals surface area contributed by atoms with E-state index in [0.29, 0.717) is 48.3 Å². The summed E-state index contributed by atoms with van der Waals surface area (Å²) in [6.45, 7) is 2.14. The standard InChI is InChI=1S/C28H29F15O/c1-2-15-3-5-16(6-4-15)17-7-9-18(10-8-17)19-11-13-20(14-12-19)21(44)22(29,30)23(31,32)24(33,34)25(35,36)26(37,38)27(39,40)28(41,42)43/h11-18H,2-10H2,1H3/t15-,16-,17?,18?. The number of ketones is 1. The first-order valence-electron chi connectivity index (χ1n) is 13.9. The van der Waals surface area contributed by atoms with Crippen LogP contribution in [0, 0.1) is 17.8 Å². The van der Waals surface area contributed by atoms with Gasteiger partial charge in [0.2, 0.25) is 5.78 Å². The molecule has 44 heavy (non-hydrogen) atoms. The van der Waals surface area contributed by atoms with E-state index >= 15 is 0 Å². The zero-order chi connectivity index (χ0) is 33.7. The summed E-state index contributed by atoms with van der Waals surface area (Å²) < 4.78 is 202. The molecule has 1 aromatic rings. The van der Waals surface area contributed by atoms with Crippen molar-refractivity contribution in [2.24, 2.45) is 17.8 Å². The number of Topliss-reactive ketones (excluding diaryl/α,β-unsaturated/α-hetero) is 1. The van der Waals surface area contributed by atoms with Gasteiger partial charge in [0.05, 0.1) is 0 Å². The van der Waals surface area contributed by atoms with E-state index in [1.807, 2.05) is 0 Å². The van der Waals surface area contributed by atoms with E-state index in [1.54, 1.807) is 0 Å². The molecule has 2 fully saturated rings. The van der Waals surface area contributed by atoms with E-state index < -0.39 is 53.1 Å². The Bertz CT molecular complexity index is 1140. The van der Waals surface area contributed by atoms with Gasteiger partial charge in [-0.25, -0.2) is 0 Å². The molecule has 16 heteroatoms. The van der Waals surface area contributed by atoms with Crippen molar-refractivity contribution >= 4 is 5.78 Å². The van der Waals surface area contributed by atoms with Crippen LogP contribution in [0.1, 0.15) is 86.6 Å². The van der Waals surface area contributed by atoms with Crippen LogP contribution >= 0.6 is 0 Å². The van der Waals surface area contributed by atoms with Crippen LogP contribution in [0.4, 0.5) is 65.9 Å². The molecule has 0 aliphatic heterocycles. The zero-order valence-electron chi connectivity index (χ0n) is 23.1. The van der Waals surface area contributed by atoms with Gasteiger partial charge in [-0.15, -0.1) is 0 Å². The smallest absolute Gasteiger partial charge is 0.287 e. The Morgan fingerprint density at radius 1 is 0.568 bits per heavy atom. The van der Waals surface area contributed by atoms with Gasteiger partial charge in [0.1, 0.15) is 0 Å². The Hall–Kier alpha value is -2.16. The molecule has 2 aliphatic carbocycles. The largest absolute Gasteiger partial charge is 0.460 e. The number of benzene rings is 1. The molecule has 252 valence electrons. The first-order valence-corrected chi connectivity index (χ1v) is 13.9. The van der Waals surface area contributed by atoms with Crippen molar-refractivity contribution in [3.05, 3.63) is 35.4 Å². The summed E-state index contributed by atoms with van der Waals surface area (Å²) in [5.41, 5.74) is -0.998. The van der Waals surface area contributed by atoms with Gasteiger partial charge in [-0.2, -0.15) is 65.9 Å². The predicted octanol–water partition coefficient (Wildman–Crippen LogP) is 10.7. The highest BCUT2D eigenvalue weighted by Gasteiger charge is 2.94. The Kier molecular flexibility index (Phi) is 9.81. The van der Waals surface area contributed by atoms with E-state index in [2.05, 4.69) is 6.92 Å². The van der Waals surface area contributed by atoms with Gasteiger partial charge < -0.3 is 0 Å². The Morgan fingerprint density at radius 2 is 0.955 bits per heavy atom. The van der Waals surface area contributed by atoms with E-state index in [1.165, 1.54) is 0 Å². The molecule has 0 unspecified atom stereocenters. The topological polar surface area (TPSA) is 17.1 Å². The fraction of sp³-hybridized carbons (Fsp3) is 0.750. The summed E-state index contributed by atoms with van der Waals surface area (Å²) in [5, 5.41) is 0. The number of hydrogen-bond donors (Lipinski definition) is 0. The molecule has 0 radical (unpaired) electrons. The van der Waals surface area contributed by atoms with Crippen LogP contribution in [-0.2, 0) is 0 Å². The van der Waals surface area contributed by atoms with Gasteiger partial charge in [0, 0.05) is 5.56 Å². The second-order valence-electron chi connectivity index (χ2n) is 11.7. The first-order chi connectivity index (χ1) is 19.9. The third-order valence-electron chi connectivity index (χ3n) is 9.16. The molecule has 0 saturated heterocycles. The Labute approximate surface area is 242 Å². The highest BCUT2D eigenvalue weighted by atomic mass is 19.4. The lowest BCUT2D eigenvalue weighted by Crippen LogP contribution is -2.73. The maximum atomic E-state index is 14.4. The monoisotopic (exact) mass is 666 g/mol. The molecule has 1 nitrogen and oxygen atoms in total. The SMILES string of the molecule is CC[C@H]1CC[C@H](C2CCC(c3ccc(C(=O)C(F)(F)C(F)(F)C(F)(F)C(F)(F)C(F)(F)C(F)(F)C(F)(F)F)cc3)CC2)CC1. The summed E-state index contributed by atoms with van der Waals surface area (Å²) in [5.74, 6) is -49.6. The highest BCUT2D eigenvalue weighted by molar-refractivity contribution is 6.02. The number of rotatable bonds is 10. The summed E-state index contributed by atoms with van der Waals surface area (Å²) in [4.78, 5) is 12.1. The molecule has 1 aromatic carbocycles. The predicted molar refractivity (Wildman–Crippen MR) is 127 cm³/mol. The fourth-order valence-corrected chi connectivity index (χ4v) is 6.19. The normalized spacial score (nSPS) is 25.2. The summed E-state index contributed by atoms with van der Waals surface area (Å²) in [6.07, 6.45) is 0.908. The second kappa shape index (κ2) is 11.9. The summed E-state index contributed by atoms with van der Waals surface area (Å²) >= 11 is 0. The minimum atomic E-state index is -8.43. The number of carbonyl (C=O) groups is 1. The number of hydrogen-bond acceptors (Lipinski definition) is 1. The minimum absolute atomic E-state index is 0.148. The molecule has 0 amide bonds. The third kappa shape index (κ3) is 5.79. The van der Waals surface area contributed by atoms with Gasteiger partial charge in [0.15, 0.2) is 0 Å². The van der Waals surface area contributed by atoms with Crippen LogP contribution in [0.2, 0.25) is 0 Å². The maximum absolute atomic E-state index is 14.4. The van der Waals surface area contributed by atoms with Gasteiger partial charge in [-0.05, 0) is 67.8 Å². The van der Waals surface area contributed by atoms with Crippen LogP contribution in [0.15, 0.2) is 24.3 Å². The van der Waals surface area contributed by atoms with Crippen LogP contribution < -0.4 is 0 Å². The van der Waals surface area contributed by atoms with Crippen LogP contribution in [0.25, 0.3) is 0 Å². The molecule has 0 spiro atoms. The lowest BCUT2D eigenvalue weighted by molar-refractivity contribution is -0.449. The number of carbonyl (C=O) groups excluding carboxylic acids is 1. The van der Waals surface area contributed by atoms with Crippen molar-refractivity contribution in [3.63, 3.8) is 0 Å². The number of alkyl halides is 15. The lowest BCUT2D eigenvalue weighted by Gasteiger charge is -2.41. The second-order valence-corrected chi connectivity index (χ2v) is 11.7. The van der Waals surface area contributed by atoms with Gasteiger partial charge in [-0.1, -0.05) is 50.5 Å². The Morgan fingerprint density at radius 3 is 1.36 bits per heavy atom. The molecule has 0 atom stereocenters. The summed E-state index contributed by atoms with van der Waals surface area (Å²) in [6, 6.07) is 3.04. The van der Waals surface area contributed by atoms with Crippen molar-refractivity contribution in [1.29, 1.82) is 0 Å². The average Bonchev–Trinajstić information content (AvgIpc) is 2.95. The zero-order valence-corrected chi connectivity index (χ0v) is 23.1. The van der Waals surface area contributed by atoms with Crippen molar-refractivity contribution in [3.8, 4) is 0 Å². The molecule has 2 saturated carbocycles. The average molecular weight is 667 g/mol. The molecule has 0 bridgehead atoms. The van der Waals surface area contributed by atoms with Gasteiger partial charge >= 0.3 is 41.7 Å². The molecular weight excluding hydrogens is 637 g/mol. The molecule has 0 N–H and O–H groups in total. The Balaban J connectivity index is 1.76. The van der Waals surface area contributed by atoms with Crippen molar-refractivity contribution in [2.75, 3.05) is 0 Å². The van der Waals surface area contributed by atoms with E-state index in [-0.39, 0.29) is 5.92 Å². The van der Waals surface area contributed by atoms with Crippen LogP contribution in [0.3, 0.4) is 0 Å². The van der Waals surface area contributed by atoms with Gasteiger partial charge in [-0.3, -0.25) is 4.79 Å². The minimum Gasteiger partial charge on any atom is -0.287 e. The third-order valence-corrected chi connectivity index (χ3v) is 9.16. The number of halogens is 15. The highest BCUT2D eigenvalue weighted by Crippen LogP contribution is 2.62.